The van der Waals surface area contributed by atoms with Crippen LogP contribution in [0.2, 0.25) is 0 Å². The van der Waals surface area contributed by atoms with Gasteiger partial charge in [0.1, 0.15) is 0 Å². The van der Waals surface area contributed by atoms with Crippen LogP contribution < -0.4 is 11.1 Å². The third kappa shape index (κ3) is 7.27. The molecular weight excluding hydrogens is 251 g/mol. The fourth-order valence-electron chi connectivity index (χ4n) is 0.929. The van der Waals surface area contributed by atoms with Gasteiger partial charge in [0.15, 0.2) is 0 Å². The van der Waals surface area contributed by atoms with Crippen molar-refractivity contribution in [1.82, 2.24) is 5.32 Å². The van der Waals surface area contributed by atoms with Gasteiger partial charge in [0.05, 0.1) is 12.6 Å². The minimum atomic E-state index is -3.14. The number of hydrogen-bond donors (Lipinski definition) is 3. The van der Waals surface area contributed by atoms with Gasteiger partial charge < -0.3 is 25.0 Å². The van der Waals surface area contributed by atoms with E-state index in [2.05, 4.69) is 21.6 Å². The standard InChI is InChI=1S/C8H19N2O4PS/c1-3-7(10-8(11)4-5-9)6-14-15(12,16)13-2/h7H,3-6,9H2,1-2H3,(H,10,11)(H,12,16). The van der Waals surface area contributed by atoms with Crippen LogP contribution in [-0.4, -0.2) is 37.1 Å². The van der Waals surface area contributed by atoms with Crippen molar-refractivity contribution in [2.24, 2.45) is 5.73 Å². The van der Waals surface area contributed by atoms with Crippen molar-refractivity contribution in [2.75, 3.05) is 20.3 Å². The number of amides is 1. The third-order valence-electron chi connectivity index (χ3n) is 1.90. The molecule has 16 heavy (non-hydrogen) atoms. The number of carbonyl (C=O) groups is 1. The second-order valence-corrected chi connectivity index (χ2v) is 6.10. The summed E-state index contributed by atoms with van der Waals surface area (Å²) in [6.07, 6.45) is 0.948. The van der Waals surface area contributed by atoms with Crippen LogP contribution in [0, 0.1) is 0 Å². The van der Waals surface area contributed by atoms with E-state index >= 15 is 0 Å². The lowest BCUT2D eigenvalue weighted by molar-refractivity contribution is -0.121. The predicted molar refractivity (Wildman–Crippen MR) is 65.4 cm³/mol. The highest BCUT2D eigenvalue weighted by atomic mass is 32.5. The Morgan fingerprint density at radius 3 is 2.75 bits per heavy atom. The van der Waals surface area contributed by atoms with Crippen LogP contribution in [0.3, 0.4) is 0 Å². The Balaban J connectivity index is 4.01. The summed E-state index contributed by atoms with van der Waals surface area (Å²) in [6.45, 7) is -0.811. The fraction of sp³-hybridized carbons (Fsp3) is 0.875. The van der Waals surface area contributed by atoms with Gasteiger partial charge in [0, 0.05) is 20.1 Å². The van der Waals surface area contributed by atoms with Crippen molar-refractivity contribution in [2.45, 2.75) is 25.8 Å². The monoisotopic (exact) mass is 270 g/mol. The zero-order valence-electron chi connectivity index (χ0n) is 9.51. The summed E-state index contributed by atoms with van der Waals surface area (Å²) in [5.41, 5.74) is 5.25. The van der Waals surface area contributed by atoms with Crippen LogP contribution in [0.15, 0.2) is 0 Å². The predicted octanol–water partition coefficient (Wildman–Crippen LogP) is 0.110. The molecule has 2 atom stereocenters. The van der Waals surface area contributed by atoms with E-state index in [9.17, 15) is 9.69 Å². The molecule has 0 rings (SSSR count). The third-order valence-corrected chi connectivity index (χ3v) is 3.60. The highest BCUT2D eigenvalue weighted by Gasteiger charge is 2.17. The summed E-state index contributed by atoms with van der Waals surface area (Å²) < 4.78 is 9.64. The zero-order valence-corrected chi connectivity index (χ0v) is 11.2. The molecule has 0 saturated carbocycles. The molecule has 0 fully saturated rings. The van der Waals surface area contributed by atoms with Crippen LogP contribution in [0.5, 0.6) is 0 Å². The van der Waals surface area contributed by atoms with E-state index in [0.29, 0.717) is 13.0 Å². The van der Waals surface area contributed by atoms with Gasteiger partial charge in [-0.25, -0.2) is 0 Å². The largest absolute Gasteiger partial charge is 0.351 e. The van der Waals surface area contributed by atoms with Crippen LogP contribution in [0.4, 0.5) is 0 Å². The van der Waals surface area contributed by atoms with Crippen molar-refractivity contribution in [3.8, 4) is 0 Å². The van der Waals surface area contributed by atoms with Gasteiger partial charge in [-0.1, -0.05) is 6.92 Å². The molecule has 8 heteroatoms. The Labute approximate surface area is 101 Å². The zero-order chi connectivity index (χ0) is 12.6. The molecule has 0 saturated heterocycles. The average Bonchev–Trinajstić information content (AvgIpc) is 2.24. The lowest BCUT2D eigenvalue weighted by atomic mass is 10.2. The molecule has 0 spiro atoms. The van der Waals surface area contributed by atoms with E-state index in [4.69, 9.17) is 10.3 Å². The lowest BCUT2D eigenvalue weighted by Gasteiger charge is -2.19. The smallest absolute Gasteiger partial charge is 0.324 e. The summed E-state index contributed by atoms with van der Waals surface area (Å²) in [5.74, 6) is -0.137. The Morgan fingerprint density at radius 2 is 2.31 bits per heavy atom. The molecule has 0 radical (unpaired) electrons. The summed E-state index contributed by atoms with van der Waals surface area (Å²) >= 11 is 4.67. The molecular formula is C8H19N2O4PS. The van der Waals surface area contributed by atoms with Gasteiger partial charge in [-0.05, 0) is 18.2 Å². The number of nitrogens with one attached hydrogen (secondary N) is 1. The molecule has 0 aliphatic carbocycles. The maximum absolute atomic E-state index is 11.2. The highest BCUT2D eigenvalue weighted by molar-refractivity contribution is 8.07. The molecule has 96 valence electrons. The van der Waals surface area contributed by atoms with Crippen LogP contribution in [0.25, 0.3) is 0 Å². The van der Waals surface area contributed by atoms with Crippen LogP contribution in [-0.2, 0) is 25.6 Å². The molecule has 0 aromatic heterocycles. The van der Waals surface area contributed by atoms with Gasteiger partial charge in [0.2, 0.25) is 5.91 Å². The minimum absolute atomic E-state index is 0.133. The molecule has 6 nitrogen and oxygen atoms in total. The summed E-state index contributed by atoms with van der Waals surface area (Å²) in [4.78, 5) is 20.6. The quantitative estimate of drug-likeness (QED) is 0.542. The molecule has 2 unspecified atom stereocenters. The molecule has 0 aliphatic rings. The first-order valence-corrected chi connectivity index (χ1v) is 7.56. The first kappa shape index (κ1) is 16.0. The van der Waals surface area contributed by atoms with Crippen molar-refractivity contribution in [1.29, 1.82) is 0 Å². The fourth-order valence-corrected chi connectivity index (χ4v) is 1.59. The molecule has 1 amide bonds. The second kappa shape index (κ2) is 8.11. The van der Waals surface area contributed by atoms with Crippen molar-refractivity contribution < 1.29 is 18.7 Å². The van der Waals surface area contributed by atoms with Crippen LogP contribution in [0.1, 0.15) is 19.8 Å². The first-order valence-electron chi connectivity index (χ1n) is 4.97. The number of nitrogens with two attached hydrogens (primary N) is 1. The number of hydrogen-bond acceptors (Lipinski definition) is 5. The van der Waals surface area contributed by atoms with Gasteiger partial charge in [-0.15, -0.1) is 0 Å². The Bertz CT molecular complexity index is 264. The Morgan fingerprint density at radius 1 is 1.69 bits per heavy atom. The van der Waals surface area contributed by atoms with E-state index < -0.39 is 6.72 Å². The average molecular weight is 270 g/mol. The van der Waals surface area contributed by atoms with Crippen molar-refractivity contribution in [3.05, 3.63) is 0 Å². The lowest BCUT2D eigenvalue weighted by Crippen LogP contribution is -2.38. The molecule has 0 bridgehead atoms. The molecule has 0 aromatic rings. The molecule has 0 aliphatic heterocycles. The van der Waals surface area contributed by atoms with E-state index in [0.717, 1.165) is 0 Å². The van der Waals surface area contributed by atoms with Gasteiger partial charge in [-0.2, -0.15) is 0 Å². The first-order chi connectivity index (χ1) is 7.45. The SMILES string of the molecule is CCC(COP(O)(=S)OC)NC(=O)CCN. The number of rotatable bonds is 8. The highest BCUT2D eigenvalue weighted by Crippen LogP contribution is 2.42. The van der Waals surface area contributed by atoms with Crippen molar-refractivity contribution >= 4 is 24.4 Å². The Kier molecular flexibility index (Phi) is 8.09. The maximum Gasteiger partial charge on any atom is 0.324 e. The van der Waals surface area contributed by atoms with E-state index in [-0.39, 0.29) is 25.0 Å². The summed E-state index contributed by atoms with van der Waals surface area (Å²) in [6, 6.07) is -0.191. The topological polar surface area (TPSA) is 93.8 Å². The van der Waals surface area contributed by atoms with E-state index in [1.165, 1.54) is 7.11 Å². The summed E-state index contributed by atoms with van der Waals surface area (Å²) in [7, 11) is 1.29. The van der Waals surface area contributed by atoms with Crippen molar-refractivity contribution in [3.63, 3.8) is 0 Å². The Hall–Kier alpha value is -0.0400. The van der Waals surface area contributed by atoms with Crippen LogP contribution >= 0.6 is 6.72 Å². The molecule has 0 heterocycles. The maximum atomic E-state index is 11.2. The second-order valence-electron chi connectivity index (χ2n) is 3.16. The van der Waals surface area contributed by atoms with Gasteiger partial charge >= 0.3 is 6.72 Å². The van der Waals surface area contributed by atoms with Gasteiger partial charge in [-0.3, -0.25) is 4.79 Å². The number of carbonyl (C=O) groups excluding carboxylic acids is 1. The normalized spacial score (nSPS) is 16.5. The van der Waals surface area contributed by atoms with Gasteiger partial charge in [0.25, 0.3) is 0 Å². The minimum Gasteiger partial charge on any atom is -0.351 e. The van der Waals surface area contributed by atoms with E-state index in [1.54, 1.807) is 0 Å². The molecule has 4 N–H and O–H groups in total. The molecule has 0 aromatic carbocycles. The summed E-state index contributed by atoms with van der Waals surface area (Å²) in [5, 5.41) is 2.73. The van der Waals surface area contributed by atoms with E-state index in [1.807, 2.05) is 6.92 Å².